The molecule has 0 bridgehead atoms. The lowest BCUT2D eigenvalue weighted by Gasteiger charge is -2.47. The Morgan fingerprint density at radius 2 is 2.19 bits per heavy atom. The molecule has 1 N–H and O–H groups in total. The highest BCUT2D eigenvalue weighted by Crippen LogP contribution is 2.43. The van der Waals surface area contributed by atoms with E-state index in [1.165, 1.54) is 6.42 Å². The summed E-state index contributed by atoms with van der Waals surface area (Å²) in [5, 5.41) is 9.91. The number of aliphatic hydroxyl groups excluding tert-OH is 1. The maximum atomic E-state index is 9.91. The van der Waals surface area contributed by atoms with E-state index in [9.17, 15) is 5.11 Å². The Morgan fingerprint density at radius 3 is 2.81 bits per heavy atom. The van der Waals surface area contributed by atoms with Gasteiger partial charge in [-0.05, 0) is 38.3 Å². The molecule has 1 heterocycles. The third kappa shape index (κ3) is 3.01. The highest BCUT2D eigenvalue weighted by Gasteiger charge is 2.43. The molecule has 1 saturated heterocycles. The average Bonchev–Trinajstić information content (AvgIpc) is 2.45. The van der Waals surface area contributed by atoms with Gasteiger partial charge in [-0.25, -0.2) is 0 Å². The summed E-state index contributed by atoms with van der Waals surface area (Å²) in [6.45, 7) is 2.52. The molecule has 0 amide bonds. The van der Waals surface area contributed by atoms with Gasteiger partial charge in [-0.3, -0.25) is 0 Å². The Kier molecular flexibility index (Phi) is 4.09. The first-order valence-corrected chi connectivity index (χ1v) is 7.78. The molecule has 4 nitrogen and oxygen atoms in total. The normalized spacial score (nSPS) is 25.2. The summed E-state index contributed by atoms with van der Waals surface area (Å²) >= 11 is 0. The third-order valence-electron chi connectivity index (χ3n) is 4.68. The molecule has 1 saturated carbocycles. The number of rotatable bonds is 4. The largest absolute Gasteiger partial charge is 0.497 e. The van der Waals surface area contributed by atoms with Crippen LogP contribution < -0.4 is 9.47 Å². The first-order valence-electron chi connectivity index (χ1n) is 7.78. The van der Waals surface area contributed by atoms with Crippen molar-refractivity contribution in [2.75, 3.05) is 13.7 Å². The minimum Gasteiger partial charge on any atom is -0.497 e. The molecule has 2 fully saturated rings. The minimum absolute atomic E-state index is 0.0623. The summed E-state index contributed by atoms with van der Waals surface area (Å²) in [6.07, 6.45) is 5.00. The van der Waals surface area contributed by atoms with Gasteiger partial charge in [0.2, 0.25) is 0 Å². The highest BCUT2D eigenvalue weighted by atomic mass is 16.5. The Morgan fingerprint density at radius 1 is 1.38 bits per heavy atom. The molecule has 2 aliphatic rings. The van der Waals surface area contributed by atoms with Gasteiger partial charge in [-0.2, -0.15) is 0 Å². The summed E-state index contributed by atoms with van der Waals surface area (Å²) < 4.78 is 17.4. The fraction of sp³-hybridized carbons (Fsp3) is 0.647. The predicted octanol–water partition coefficient (Wildman–Crippen LogP) is 3.23. The SMILES string of the molecule is COc1ccc(C(C)O)c(OC2CCOC3(CCC3)C2)c1. The van der Waals surface area contributed by atoms with Gasteiger partial charge in [-0.15, -0.1) is 0 Å². The van der Waals surface area contributed by atoms with Crippen LogP contribution in [0, 0.1) is 0 Å². The van der Waals surface area contributed by atoms with Crippen molar-refractivity contribution in [3.8, 4) is 11.5 Å². The van der Waals surface area contributed by atoms with E-state index in [1.54, 1.807) is 14.0 Å². The van der Waals surface area contributed by atoms with Gasteiger partial charge in [0.1, 0.15) is 17.6 Å². The lowest BCUT2D eigenvalue weighted by molar-refractivity contribution is -0.153. The van der Waals surface area contributed by atoms with Crippen LogP contribution in [0.5, 0.6) is 11.5 Å². The standard InChI is InChI=1S/C17H24O4/c1-12(18)15-5-4-13(19-2)10-16(15)21-14-6-9-20-17(11-14)7-3-8-17/h4-5,10,12,14,18H,3,6-9,11H2,1-2H3. The fourth-order valence-corrected chi connectivity index (χ4v) is 3.27. The van der Waals surface area contributed by atoms with Gasteiger partial charge in [0, 0.05) is 24.5 Å². The Labute approximate surface area is 126 Å². The van der Waals surface area contributed by atoms with Crippen LogP contribution in [-0.2, 0) is 4.74 Å². The summed E-state index contributed by atoms with van der Waals surface area (Å²) in [4.78, 5) is 0. The average molecular weight is 292 g/mol. The second kappa shape index (κ2) is 5.85. The zero-order chi connectivity index (χ0) is 14.9. The number of methoxy groups -OCH3 is 1. The van der Waals surface area contributed by atoms with Crippen LogP contribution in [0.3, 0.4) is 0 Å². The van der Waals surface area contributed by atoms with Crippen molar-refractivity contribution in [3.63, 3.8) is 0 Å². The molecule has 2 unspecified atom stereocenters. The van der Waals surface area contributed by atoms with Crippen LogP contribution in [0.2, 0.25) is 0 Å². The molecule has 1 aromatic rings. The van der Waals surface area contributed by atoms with E-state index in [0.717, 1.165) is 49.4 Å². The van der Waals surface area contributed by atoms with Gasteiger partial charge in [0.15, 0.2) is 0 Å². The molecule has 1 aliphatic heterocycles. The second-order valence-electron chi connectivity index (χ2n) is 6.20. The number of hydrogen-bond donors (Lipinski definition) is 1. The molecule has 21 heavy (non-hydrogen) atoms. The summed E-state index contributed by atoms with van der Waals surface area (Å²) in [5.74, 6) is 1.48. The fourth-order valence-electron chi connectivity index (χ4n) is 3.27. The van der Waals surface area contributed by atoms with Crippen LogP contribution >= 0.6 is 0 Å². The van der Waals surface area contributed by atoms with Crippen molar-refractivity contribution in [1.29, 1.82) is 0 Å². The summed E-state index contributed by atoms with van der Waals surface area (Å²) in [6, 6.07) is 5.59. The summed E-state index contributed by atoms with van der Waals surface area (Å²) in [5.41, 5.74) is 0.872. The molecule has 1 aromatic carbocycles. The topological polar surface area (TPSA) is 47.9 Å². The minimum atomic E-state index is -0.552. The first kappa shape index (κ1) is 14.7. The zero-order valence-electron chi connectivity index (χ0n) is 12.8. The van der Waals surface area contributed by atoms with Crippen molar-refractivity contribution >= 4 is 0 Å². The first-order chi connectivity index (χ1) is 10.1. The molecule has 4 heteroatoms. The predicted molar refractivity (Wildman–Crippen MR) is 79.8 cm³/mol. The van der Waals surface area contributed by atoms with Crippen molar-refractivity contribution in [2.24, 2.45) is 0 Å². The lowest BCUT2D eigenvalue weighted by atomic mass is 9.74. The molecular weight excluding hydrogens is 268 g/mol. The Balaban J connectivity index is 1.76. The van der Waals surface area contributed by atoms with E-state index in [0.29, 0.717) is 0 Å². The highest BCUT2D eigenvalue weighted by molar-refractivity contribution is 5.42. The number of benzene rings is 1. The molecule has 116 valence electrons. The number of aliphatic hydroxyl groups is 1. The van der Waals surface area contributed by atoms with Gasteiger partial charge in [0.05, 0.1) is 25.4 Å². The molecule has 0 aromatic heterocycles. The Hall–Kier alpha value is -1.26. The van der Waals surface area contributed by atoms with Gasteiger partial charge in [0.25, 0.3) is 0 Å². The van der Waals surface area contributed by atoms with Crippen LogP contribution in [0.15, 0.2) is 18.2 Å². The van der Waals surface area contributed by atoms with Crippen molar-refractivity contribution in [2.45, 2.75) is 56.8 Å². The molecule has 1 aliphatic carbocycles. The third-order valence-corrected chi connectivity index (χ3v) is 4.68. The van der Waals surface area contributed by atoms with Crippen LogP contribution in [0.4, 0.5) is 0 Å². The van der Waals surface area contributed by atoms with E-state index >= 15 is 0 Å². The van der Waals surface area contributed by atoms with Gasteiger partial charge >= 0.3 is 0 Å². The van der Waals surface area contributed by atoms with Crippen molar-refractivity contribution < 1.29 is 19.3 Å². The quantitative estimate of drug-likeness (QED) is 0.925. The van der Waals surface area contributed by atoms with Gasteiger partial charge in [-0.1, -0.05) is 0 Å². The van der Waals surface area contributed by atoms with Crippen LogP contribution in [0.1, 0.15) is 50.7 Å². The second-order valence-corrected chi connectivity index (χ2v) is 6.20. The molecule has 3 rings (SSSR count). The number of ether oxygens (including phenoxy) is 3. The number of hydrogen-bond acceptors (Lipinski definition) is 4. The van der Waals surface area contributed by atoms with Gasteiger partial charge < -0.3 is 19.3 Å². The maximum absolute atomic E-state index is 9.91. The zero-order valence-corrected chi connectivity index (χ0v) is 12.8. The molecule has 2 atom stereocenters. The van der Waals surface area contributed by atoms with E-state index in [-0.39, 0.29) is 11.7 Å². The van der Waals surface area contributed by atoms with Crippen molar-refractivity contribution in [1.82, 2.24) is 0 Å². The monoisotopic (exact) mass is 292 g/mol. The van der Waals surface area contributed by atoms with E-state index in [2.05, 4.69) is 0 Å². The molecular formula is C17H24O4. The van der Waals surface area contributed by atoms with Crippen LogP contribution in [-0.4, -0.2) is 30.5 Å². The molecule has 0 radical (unpaired) electrons. The van der Waals surface area contributed by atoms with E-state index < -0.39 is 6.10 Å². The smallest absolute Gasteiger partial charge is 0.129 e. The lowest BCUT2D eigenvalue weighted by Crippen LogP contribution is -2.48. The Bertz CT molecular complexity index is 494. The van der Waals surface area contributed by atoms with Crippen LogP contribution in [0.25, 0.3) is 0 Å². The maximum Gasteiger partial charge on any atom is 0.129 e. The van der Waals surface area contributed by atoms with E-state index in [1.807, 2.05) is 18.2 Å². The van der Waals surface area contributed by atoms with E-state index in [4.69, 9.17) is 14.2 Å². The molecule has 1 spiro atoms. The van der Waals surface area contributed by atoms with Crippen molar-refractivity contribution in [3.05, 3.63) is 23.8 Å². The summed E-state index contributed by atoms with van der Waals surface area (Å²) in [7, 11) is 1.64.